The molecule has 7 nitrogen and oxygen atoms in total. The van der Waals surface area contributed by atoms with Crippen molar-refractivity contribution >= 4 is 17.9 Å². The molecule has 0 aromatic heterocycles. The summed E-state index contributed by atoms with van der Waals surface area (Å²) in [5, 5.41) is 23.9. The minimum absolute atomic E-state index is 0.121. The molecule has 2 rings (SSSR count). The molecule has 1 saturated heterocycles. The Hall–Kier alpha value is -2.68. The molecule has 1 fully saturated rings. The first-order valence-electron chi connectivity index (χ1n) is 6.65. The lowest BCUT2D eigenvalue weighted by molar-refractivity contribution is -0.115. The van der Waals surface area contributed by atoms with Gasteiger partial charge in [0.1, 0.15) is 5.70 Å². The van der Waals surface area contributed by atoms with Crippen LogP contribution in [0.5, 0.6) is 11.5 Å². The van der Waals surface area contributed by atoms with Crippen LogP contribution in [-0.2, 0) is 4.79 Å². The maximum absolute atomic E-state index is 12.1. The van der Waals surface area contributed by atoms with Crippen molar-refractivity contribution in [2.24, 2.45) is 4.99 Å². The SMILES string of the molecule is CC(O)CN=C1NC(=O)/C(=C/c2ccc(OC(F)F)c(O)c2)N1. The second-order valence-corrected chi connectivity index (χ2v) is 4.78. The Morgan fingerprint density at radius 3 is 2.74 bits per heavy atom. The Morgan fingerprint density at radius 2 is 2.13 bits per heavy atom. The van der Waals surface area contributed by atoms with Crippen molar-refractivity contribution < 1.29 is 28.5 Å². The number of nitrogens with one attached hydrogen (secondary N) is 2. The maximum atomic E-state index is 12.1. The Kier molecular flexibility index (Phi) is 5.12. The van der Waals surface area contributed by atoms with Gasteiger partial charge in [0.05, 0.1) is 12.6 Å². The van der Waals surface area contributed by atoms with E-state index in [1.807, 2.05) is 0 Å². The Balaban J connectivity index is 2.14. The van der Waals surface area contributed by atoms with Crippen LogP contribution in [0.3, 0.4) is 0 Å². The van der Waals surface area contributed by atoms with E-state index in [4.69, 9.17) is 5.11 Å². The van der Waals surface area contributed by atoms with Crippen LogP contribution >= 0.6 is 0 Å². The van der Waals surface area contributed by atoms with Gasteiger partial charge in [0.2, 0.25) is 5.96 Å². The fourth-order valence-corrected chi connectivity index (χ4v) is 1.78. The number of alkyl halides is 2. The van der Waals surface area contributed by atoms with Crippen LogP contribution in [0.2, 0.25) is 0 Å². The number of aliphatic hydroxyl groups is 1. The standard InChI is InChI=1S/C14H15F2N3O4/c1-7(20)6-17-14-18-9(12(22)19-14)4-8-2-3-11(10(21)5-8)23-13(15)16/h2-5,7,13,20-21H,6H2,1H3,(H2,17,18,19,22)/b9-4-. The first-order chi connectivity index (χ1) is 10.8. The summed E-state index contributed by atoms with van der Waals surface area (Å²) in [5.41, 5.74) is 0.565. The molecule has 1 aliphatic heterocycles. The third-order valence-corrected chi connectivity index (χ3v) is 2.75. The molecular weight excluding hydrogens is 312 g/mol. The molecule has 0 radical (unpaired) electrons. The molecule has 23 heavy (non-hydrogen) atoms. The molecule has 0 saturated carbocycles. The first-order valence-corrected chi connectivity index (χ1v) is 6.65. The van der Waals surface area contributed by atoms with E-state index in [1.54, 1.807) is 6.92 Å². The predicted molar refractivity (Wildman–Crippen MR) is 78.0 cm³/mol. The van der Waals surface area contributed by atoms with E-state index in [0.717, 1.165) is 0 Å². The van der Waals surface area contributed by atoms with Gasteiger partial charge in [-0.25, -0.2) is 4.99 Å². The molecule has 1 amide bonds. The number of aliphatic hydroxyl groups excluding tert-OH is 1. The molecule has 0 bridgehead atoms. The third-order valence-electron chi connectivity index (χ3n) is 2.75. The van der Waals surface area contributed by atoms with E-state index in [1.165, 1.54) is 24.3 Å². The summed E-state index contributed by atoms with van der Waals surface area (Å²) in [5.74, 6) is -1.07. The Bertz CT molecular complexity index is 659. The van der Waals surface area contributed by atoms with Crippen molar-refractivity contribution in [2.75, 3.05) is 6.54 Å². The fourth-order valence-electron chi connectivity index (χ4n) is 1.78. The summed E-state index contributed by atoms with van der Waals surface area (Å²) < 4.78 is 28.3. The number of aliphatic imine (C=N–C) groups is 1. The third kappa shape index (κ3) is 4.65. The Labute approximate surface area is 130 Å². The molecule has 1 unspecified atom stereocenters. The first kappa shape index (κ1) is 16.7. The molecule has 4 N–H and O–H groups in total. The van der Waals surface area contributed by atoms with E-state index in [0.29, 0.717) is 5.56 Å². The lowest BCUT2D eigenvalue weighted by Gasteiger charge is -2.07. The van der Waals surface area contributed by atoms with Gasteiger partial charge in [0.15, 0.2) is 11.5 Å². The van der Waals surface area contributed by atoms with Crippen molar-refractivity contribution in [1.29, 1.82) is 0 Å². The van der Waals surface area contributed by atoms with Crippen molar-refractivity contribution in [3.8, 4) is 11.5 Å². The van der Waals surface area contributed by atoms with Gasteiger partial charge in [-0.3, -0.25) is 10.1 Å². The summed E-state index contributed by atoms with van der Waals surface area (Å²) >= 11 is 0. The van der Waals surface area contributed by atoms with Crippen LogP contribution in [0.1, 0.15) is 12.5 Å². The second kappa shape index (κ2) is 7.05. The van der Waals surface area contributed by atoms with Gasteiger partial charge >= 0.3 is 6.61 Å². The minimum Gasteiger partial charge on any atom is -0.504 e. The quantitative estimate of drug-likeness (QED) is 0.599. The number of nitrogens with zero attached hydrogens (tertiary/aromatic N) is 1. The number of phenols is 1. The highest BCUT2D eigenvalue weighted by Gasteiger charge is 2.21. The molecular formula is C14H15F2N3O4. The highest BCUT2D eigenvalue weighted by molar-refractivity contribution is 6.15. The zero-order valence-corrected chi connectivity index (χ0v) is 12.1. The van der Waals surface area contributed by atoms with E-state index >= 15 is 0 Å². The summed E-state index contributed by atoms with van der Waals surface area (Å²) in [6.07, 6.45) is 0.764. The van der Waals surface area contributed by atoms with Crippen LogP contribution in [0, 0.1) is 0 Å². The van der Waals surface area contributed by atoms with E-state index in [-0.39, 0.29) is 24.0 Å². The molecule has 1 aromatic rings. The van der Waals surface area contributed by atoms with Crippen LogP contribution < -0.4 is 15.4 Å². The van der Waals surface area contributed by atoms with Crippen LogP contribution in [0.25, 0.3) is 6.08 Å². The number of phenolic OH excluding ortho intramolecular Hbond substituents is 1. The zero-order chi connectivity index (χ0) is 17.0. The molecule has 0 aliphatic carbocycles. The minimum atomic E-state index is -3.04. The predicted octanol–water partition coefficient (Wildman–Crippen LogP) is 0.791. The second-order valence-electron chi connectivity index (χ2n) is 4.78. The largest absolute Gasteiger partial charge is 0.504 e. The van der Waals surface area contributed by atoms with E-state index in [2.05, 4.69) is 20.4 Å². The van der Waals surface area contributed by atoms with Crippen LogP contribution in [-0.4, -0.2) is 41.3 Å². The molecule has 1 aliphatic rings. The van der Waals surface area contributed by atoms with Gasteiger partial charge in [0, 0.05) is 0 Å². The summed E-state index contributed by atoms with van der Waals surface area (Å²) in [4.78, 5) is 15.7. The number of halogens is 2. The number of rotatable bonds is 5. The van der Waals surface area contributed by atoms with Crippen molar-refractivity contribution in [2.45, 2.75) is 19.6 Å². The van der Waals surface area contributed by atoms with Gasteiger partial charge in [-0.2, -0.15) is 8.78 Å². The molecule has 1 heterocycles. The number of ether oxygens (including phenoxy) is 1. The summed E-state index contributed by atoms with van der Waals surface area (Å²) in [6, 6.07) is 3.76. The van der Waals surface area contributed by atoms with Gasteiger partial charge in [-0.15, -0.1) is 0 Å². The number of guanidine groups is 1. The number of benzene rings is 1. The van der Waals surface area contributed by atoms with Gasteiger partial charge < -0.3 is 20.3 Å². The fraction of sp³-hybridized carbons (Fsp3) is 0.286. The van der Waals surface area contributed by atoms with Crippen LogP contribution in [0.15, 0.2) is 28.9 Å². The van der Waals surface area contributed by atoms with Crippen molar-refractivity contribution in [3.63, 3.8) is 0 Å². The van der Waals surface area contributed by atoms with Crippen LogP contribution in [0.4, 0.5) is 8.78 Å². The van der Waals surface area contributed by atoms with E-state index < -0.39 is 24.4 Å². The number of amides is 1. The maximum Gasteiger partial charge on any atom is 0.387 e. The topological polar surface area (TPSA) is 103 Å². The number of carbonyl (C=O) groups is 1. The Morgan fingerprint density at radius 1 is 1.39 bits per heavy atom. The molecule has 0 spiro atoms. The van der Waals surface area contributed by atoms with E-state index in [9.17, 15) is 18.7 Å². The summed E-state index contributed by atoms with van der Waals surface area (Å²) in [7, 11) is 0. The number of aromatic hydroxyl groups is 1. The van der Waals surface area contributed by atoms with Crippen molar-refractivity contribution in [1.82, 2.24) is 10.6 Å². The average molecular weight is 327 g/mol. The monoisotopic (exact) mass is 327 g/mol. The van der Waals surface area contributed by atoms with Gasteiger partial charge in [0.25, 0.3) is 5.91 Å². The number of hydrogen-bond donors (Lipinski definition) is 4. The summed E-state index contributed by atoms with van der Waals surface area (Å²) in [6.45, 7) is -1.36. The lowest BCUT2D eigenvalue weighted by atomic mass is 10.1. The average Bonchev–Trinajstić information content (AvgIpc) is 2.80. The molecule has 1 atom stereocenters. The molecule has 124 valence electrons. The van der Waals surface area contributed by atoms with Gasteiger partial charge in [-0.1, -0.05) is 6.07 Å². The molecule has 1 aromatic carbocycles. The highest BCUT2D eigenvalue weighted by Crippen LogP contribution is 2.29. The van der Waals surface area contributed by atoms with Crippen molar-refractivity contribution in [3.05, 3.63) is 29.5 Å². The zero-order valence-electron chi connectivity index (χ0n) is 12.1. The highest BCUT2D eigenvalue weighted by atomic mass is 19.3. The lowest BCUT2D eigenvalue weighted by Crippen LogP contribution is -2.26. The molecule has 9 heteroatoms. The van der Waals surface area contributed by atoms with Gasteiger partial charge in [-0.05, 0) is 30.7 Å². The number of carbonyl (C=O) groups excluding carboxylic acids is 1. The smallest absolute Gasteiger partial charge is 0.387 e. The number of hydrogen-bond acceptors (Lipinski definition) is 5. The normalized spacial score (nSPS) is 19.1.